The van der Waals surface area contributed by atoms with Gasteiger partial charge in [-0.1, -0.05) is 20.8 Å². The second kappa shape index (κ2) is 4.69. The smallest absolute Gasteiger partial charge is 0.331 e. The molecule has 5 heteroatoms. The Bertz CT molecular complexity index is 410. The van der Waals surface area contributed by atoms with E-state index in [2.05, 4.69) is 10.3 Å². The molecule has 1 rings (SSSR count). The highest BCUT2D eigenvalue weighted by atomic mass is 16.4. The third-order valence-corrected chi connectivity index (χ3v) is 3.14. The van der Waals surface area contributed by atoms with Crippen molar-refractivity contribution in [2.75, 3.05) is 0 Å². The van der Waals surface area contributed by atoms with Gasteiger partial charge in [0, 0.05) is 5.57 Å². The number of aliphatic carboxylic acids is 1. The number of aliphatic imine (C=N–C) groups is 1. The minimum absolute atomic E-state index is 0.0727. The molecule has 0 radical (unpaired) electrons. The highest BCUT2D eigenvalue weighted by molar-refractivity contribution is 6.14. The van der Waals surface area contributed by atoms with Gasteiger partial charge in [0.15, 0.2) is 0 Å². The molecule has 0 aromatic carbocycles. The Morgan fingerprint density at radius 3 is 2.53 bits per heavy atom. The van der Waals surface area contributed by atoms with E-state index >= 15 is 0 Å². The first-order chi connectivity index (χ1) is 7.83. The largest absolute Gasteiger partial charge is 0.478 e. The molecule has 0 aliphatic carbocycles. The molecule has 1 amide bonds. The molecule has 0 bridgehead atoms. The molecule has 1 atom stereocenters. The van der Waals surface area contributed by atoms with Crippen molar-refractivity contribution in [3.8, 4) is 0 Å². The Morgan fingerprint density at radius 1 is 1.59 bits per heavy atom. The first kappa shape index (κ1) is 13.4. The summed E-state index contributed by atoms with van der Waals surface area (Å²) in [5, 5.41) is 11.4. The Morgan fingerprint density at radius 2 is 2.18 bits per heavy atom. The Labute approximate surface area is 101 Å². The fourth-order valence-corrected chi connectivity index (χ4v) is 1.89. The summed E-state index contributed by atoms with van der Waals surface area (Å²) < 4.78 is 0. The lowest BCUT2D eigenvalue weighted by atomic mass is 9.84. The van der Waals surface area contributed by atoms with Gasteiger partial charge in [0.2, 0.25) is 0 Å². The first-order valence-corrected chi connectivity index (χ1v) is 5.66. The molecule has 2 N–H and O–H groups in total. The van der Waals surface area contributed by atoms with Crippen LogP contribution in [0.1, 0.15) is 34.1 Å². The Balaban J connectivity index is 3.08. The maximum atomic E-state index is 11.9. The summed E-state index contributed by atoms with van der Waals surface area (Å²) in [6.07, 6.45) is 1.99. The van der Waals surface area contributed by atoms with Crippen molar-refractivity contribution < 1.29 is 14.7 Å². The molecular weight excluding hydrogens is 220 g/mol. The summed E-state index contributed by atoms with van der Waals surface area (Å²) in [5.41, 5.74) is -0.607. The van der Waals surface area contributed by atoms with Gasteiger partial charge in [-0.25, -0.2) is 4.79 Å². The predicted octanol–water partition coefficient (Wildman–Crippen LogP) is 1.35. The fourth-order valence-electron chi connectivity index (χ4n) is 1.89. The summed E-state index contributed by atoms with van der Waals surface area (Å²) in [7, 11) is 0. The van der Waals surface area contributed by atoms with Crippen LogP contribution >= 0.6 is 0 Å². The Hall–Kier alpha value is -1.65. The van der Waals surface area contributed by atoms with E-state index in [1.165, 1.54) is 13.0 Å². The number of nitrogens with one attached hydrogen (secondary N) is 1. The van der Waals surface area contributed by atoms with Gasteiger partial charge in [-0.05, 0) is 25.3 Å². The number of carboxylic acid groups (broad SMARTS) is 1. The van der Waals surface area contributed by atoms with E-state index in [0.717, 1.165) is 0 Å². The molecule has 1 aliphatic heterocycles. The Kier molecular flexibility index (Phi) is 3.70. The van der Waals surface area contributed by atoms with Crippen molar-refractivity contribution in [1.82, 2.24) is 5.32 Å². The van der Waals surface area contributed by atoms with Gasteiger partial charge in [-0.2, -0.15) is 0 Å². The number of nitrogens with zero attached hydrogens (tertiary/aromatic N) is 1. The second-order valence-electron chi connectivity index (χ2n) is 4.52. The number of carbonyl (C=O) groups excluding carboxylic acids is 1. The maximum Gasteiger partial charge on any atom is 0.331 e. The van der Waals surface area contributed by atoms with Crippen LogP contribution in [0.25, 0.3) is 0 Å². The summed E-state index contributed by atoms with van der Waals surface area (Å²) in [5.74, 6) is -0.756. The molecule has 94 valence electrons. The van der Waals surface area contributed by atoms with Crippen LogP contribution in [0.2, 0.25) is 0 Å². The molecule has 1 unspecified atom stereocenters. The molecule has 0 saturated carbocycles. The molecule has 1 heterocycles. The standard InChI is InChI=1S/C12H18N2O3/c1-5-12(7(2)3)11(17)13-9(14-12)6-8(4)10(15)16/h6-7H,5H2,1-4H3,(H,15,16)(H,13,14,17). The highest BCUT2D eigenvalue weighted by Gasteiger charge is 2.44. The van der Waals surface area contributed by atoms with E-state index in [-0.39, 0.29) is 17.4 Å². The van der Waals surface area contributed by atoms with Crippen LogP contribution in [-0.2, 0) is 9.59 Å². The van der Waals surface area contributed by atoms with E-state index in [0.29, 0.717) is 12.3 Å². The summed E-state index contributed by atoms with van der Waals surface area (Å²) in [6, 6.07) is 0. The summed E-state index contributed by atoms with van der Waals surface area (Å²) in [6.45, 7) is 7.24. The van der Waals surface area contributed by atoms with E-state index in [1.807, 2.05) is 20.8 Å². The van der Waals surface area contributed by atoms with Crippen LogP contribution in [-0.4, -0.2) is 28.4 Å². The molecule has 0 saturated heterocycles. The lowest BCUT2D eigenvalue weighted by Gasteiger charge is -2.25. The van der Waals surface area contributed by atoms with Gasteiger partial charge in [-0.15, -0.1) is 0 Å². The van der Waals surface area contributed by atoms with Crippen molar-refractivity contribution in [2.24, 2.45) is 10.9 Å². The molecule has 0 spiro atoms. The number of amides is 1. The van der Waals surface area contributed by atoms with E-state index in [9.17, 15) is 9.59 Å². The fraction of sp³-hybridized carbons (Fsp3) is 0.583. The zero-order valence-electron chi connectivity index (χ0n) is 10.6. The number of carboxylic acids is 1. The highest BCUT2D eigenvalue weighted by Crippen LogP contribution is 2.29. The molecule has 0 aromatic heterocycles. The third-order valence-electron chi connectivity index (χ3n) is 3.14. The van der Waals surface area contributed by atoms with Gasteiger partial charge in [-0.3, -0.25) is 9.79 Å². The zero-order chi connectivity index (χ0) is 13.2. The van der Waals surface area contributed by atoms with Crippen molar-refractivity contribution in [2.45, 2.75) is 39.7 Å². The van der Waals surface area contributed by atoms with E-state index in [4.69, 9.17) is 5.11 Å². The van der Waals surface area contributed by atoms with Crippen LogP contribution < -0.4 is 5.32 Å². The normalized spacial score (nSPS) is 24.9. The average molecular weight is 238 g/mol. The molecule has 0 fully saturated rings. The van der Waals surface area contributed by atoms with Crippen molar-refractivity contribution >= 4 is 17.7 Å². The summed E-state index contributed by atoms with van der Waals surface area (Å²) >= 11 is 0. The monoisotopic (exact) mass is 238 g/mol. The molecular formula is C12H18N2O3. The van der Waals surface area contributed by atoms with Crippen molar-refractivity contribution in [3.63, 3.8) is 0 Å². The lowest BCUT2D eigenvalue weighted by Crippen LogP contribution is -2.43. The second-order valence-corrected chi connectivity index (χ2v) is 4.52. The number of hydrogen-bond acceptors (Lipinski definition) is 3. The topological polar surface area (TPSA) is 78.8 Å². The van der Waals surface area contributed by atoms with Gasteiger partial charge in [0.1, 0.15) is 11.4 Å². The van der Waals surface area contributed by atoms with Crippen molar-refractivity contribution in [1.29, 1.82) is 0 Å². The minimum atomic E-state index is -1.01. The molecule has 5 nitrogen and oxygen atoms in total. The van der Waals surface area contributed by atoms with Crippen molar-refractivity contribution in [3.05, 3.63) is 11.6 Å². The number of hydrogen-bond donors (Lipinski definition) is 2. The van der Waals surface area contributed by atoms with Crippen LogP contribution in [0.4, 0.5) is 0 Å². The number of carbonyl (C=O) groups is 2. The van der Waals surface area contributed by atoms with E-state index < -0.39 is 11.5 Å². The quantitative estimate of drug-likeness (QED) is 0.725. The number of rotatable bonds is 4. The van der Waals surface area contributed by atoms with E-state index in [1.54, 1.807) is 0 Å². The zero-order valence-corrected chi connectivity index (χ0v) is 10.6. The lowest BCUT2D eigenvalue weighted by molar-refractivity contribution is -0.132. The average Bonchev–Trinajstić information content (AvgIpc) is 2.55. The van der Waals surface area contributed by atoms with Gasteiger partial charge >= 0.3 is 5.97 Å². The maximum absolute atomic E-state index is 11.9. The van der Waals surface area contributed by atoms with Gasteiger partial charge < -0.3 is 10.4 Å². The summed E-state index contributed by atoms with van der Waals surface area (Å²) in [4.78, 5) is 27.0. The minimum Gasteiger partial charge on any atom is -0.478 e. The van der Waals surface area contributed by atoms with Crippen LogP contribution in [0.15, 0.2) is 16.6 Å². The number of amidine groups is 1. The predicted molar refractivity (Wildman–Crippen MR) is 64.8 cm³/mol. The van der Waals surface area contributed by atoms with Gasteiger partial charge in [0.05, 0.1) is 0 Å². The molecule has 17 heavy (non-hydrogen) atoms. The molecule has 0 aromatic rings. The van der Waals surface area contributed by atoms with Crippen LogP contribution in [0, 0.1) is 5.92 Å². The molecule has 1 aliphatic rings. The SMILES string of the molecule is CCC1(C(C)C)N=C(C=C(C)C(=O)O)NC1=O. The van der Waals surface area contributed by atoms with Gasteiger partial charge in [0.25, 0.3) is 5.91 Å². The van der Waals surface area contributed by atoms with Crippen LogP contribution in [0.5, 0.6) is 0 Å². The third kappa shape index (κ3) is 2.38. The van der Waals surface area contributed by atoms with Crippen LogP contribution in [0.3, 0.4) is 0 Å². The first-order valence-electron chi connectivity index (χ1n) is 5.66.